The molecule has 0 fully saturated rings. The van der Waals surface area contributed by atoms with Crippen LogP contribution in [0.1, 0.15) is 57.5 Å². The molecule has 1 aromatic carbocycles. The molecule has 1 atom stereocenters. The predicted molar refractivity (Wildman–Crippen MR) is 77.7 cm³/mol. The number of rotatable bonds is 4. The van der Waals surface area contributed by atoms with Gasteiger partial charge in [-0.2, -0.15) is 0 Å². The van der Waals surface area contributed by atoms with Crippen LogP contribution in [0.2, 0.25) is 0 Å². The van der Waals surface area contributed by atoms with Gasteiger partial charge >= 0.3 is 0 Å². The average Bonchev–Trinajstić information content (AvgIpc) is 2.15. The van der Waals surface area contributed by atoms with E-state index in [-0.39, 0.29) is 10.8 Å². The zero-order chi connectivity index (χ0) is 13.1. The summed E-state index contributed by atoms with van der Waals surface area (Å²) in [6, 6.07) is 8.79. The van der Waals surface area contributed by atoms with Gasteiger partial charge in [0.1, 0.15) is 0 Å². The van der Waals surface area contributed by atoms with Crippen molar-refractivity contribution < 1.29 is 0 Å². The van der Waals surface area contributed by atoms with Crippen LogP contribution in [0.15, 0.2) is 24.3 Å². The Kier molecular flexibility index (Phi) is 5.06. The second kappa shape index (κ2) is 5.91. The monoisotopic (exact) mass is 252 g/mol. The number of halogens is 1. The fraction of sp³-hybridized carbons (Fsp3) is 0.625. The van der Waals surface area contributed by atoms with E-state index in [0.717, 1.165) is 12.8 Å². The molecule has 1 rings (SSSR count). The van der Waals surface area contributed by atoms with Crippen LogP contribution in [-0.2, 0) is 6.42 Å². The van der Waals surface area contributed by atoms with Gasteiger partial charge in [0, 0.05) is 0 Å². The van der Waals surface area contributed by atoms with E-state index >= 15 is 0 Å². The lowest BCUT2D eigenvalue weighted by Crippen LogP contribution is -2.08. The molecule has 1 heteroatoms. The molecule has 0 saturated carbocycles. The second-order valence-corrected chi connectivity index (χ2v) is 7.10. The van der Waals surface area contributed by atoms with Crippen LogP contribution in [-0.4, -0.2) is 0 Å². The Hall–Kier alpha value is -0.490. The topological polar surface area (TPSA) is 0 Å². The number of alkyl halides is 1. The van der Waals surface area contributed by atoms with E-state index < -0.39 is 0 Å². The lowest BCUT2D eigenvalue weighted by molar-refractivity contribution is 0.372. The predicted octanol–water partition coefficient (Wildman–Crippen LogP) is 5.60. The van der Waals surface area contributed by atoms with Gasteiger partial charge in [-0.05, 0) is 35.3 Å². The molecular weight excluding hydrogens is 228 g/mol. The molecule has 0 aromatic heterocycles. The molecule has 0 aliphatic rings. The molecule has 0 nitrogen and oxygen atoms in total. The highest BCUT2D eigenvalue weighted by Crippen LogP contribution is 2.34. The maximum Gasteiger partial charge on any atom is 0.0590 e. The molecule has 17 heavy (non-hydrogen) atoms. The van der Waals surface area contributed by atoms with E-state index in [4.69, 9.17) is 11.6 Å². The lowest BCUT2D eigenvalue weighted by Gasteiger charge is -2.22. The van der Waals surface area contributed by atoms with Crippen molar-refractivity contribution in [2.75, 3.05) is 0 Å². The summed E-state index contributed by atoms with van der Waals surface area (Å²) in [6.07, 6.45) is 2.16. The molecule has 0 N–H and O–H groups in total. The number of benzene rings is 1. The van der Waals surface area contributed by atoms with Crippen molar-refractivity contribution in [3.05, 3.63) is 35.4 Å². The van der Waals surface area contributed by atoms with Crippen molar-refractivity contribution in [2.45, 2.75) is 52.8 Å². The summed E-state index contributed by atoms with van der Waals surface area (Å²) in [5.74, 6) is 0.710. The Morgan fingerprint density at radius 1 is 1.06 bits per heavy atom. The Bertz CT molecular complexity index is 330. The summed E-state index contributed by atoms with van der Waals surface area (Å²) in [7, 11) is 0. The third-order valence-corrected chi connectivity index (χ3v) is 3.18. The van der Waals surface area contributed by atoms with Gasteiger partial charge in [-0.1, -0.05) is 58.9 Å². The fourth-order valence-corrected chi connectivity index (χ4v) is 2.60. The molecule has 0 saturated heterocycles. The highest BCUT2D eigenvalue weighted by molar-refractivity contribution is 6.20. The first-order valence-electron chi connectivity index (χ1n) is 6.51. The first kappa shape index (κ1) is 14.6. The van der Waals surface area contributed by atoms with Crippen LogP contribution in [0.4, 0.5) is 0 Å². The molecule has 0 aliphatic heterocycles. The minimum absolute atomic E-state index is 0.128. The van der Waals surface area contributed by atoms with Crippen LogP contribution in [0, 0.1) is 11.3 Å². The quantitative estimate of drug-likeness (QED) is 0.612. The van der Waals surface area contributed by atoms with E-state index in [2.05, 4.69) is 58.9 Å². The summed E-state index contributed by atoms with van der Waals surface area (Å²) in [5.41, 5.74) is 2.93. The highest BCUT2D eigenvalue weighted by Gasteiger charge is 2.18. The molecular formula is C16H25Cl. The standard InChI is InChI=1S/C16H25Cl/c1-12(2)10-13-6-8-14(9-7-13)15(17)11-16(3,4)5/h6-9,12,15H,10-11H2,1-5H3. The molecule has 0 amide bonds. The molecule has 96 valence electrons. The normalized spacial score (nSPS) is 14.1. The Balaban J connectivity index is 2.67. The van der Waals surface area contributed by atoms with E-state index in [9.17, 15) is 0 Å². The first-order chi connectivity index (χ1) is 7.78. The van der Waals surface area contributed by atoms with Gasteiger partial charge in [0.25, 0.3) is 0 Å². The van der Waals surface area contributed by atoms with Gasteiger partial charge in [-0.3, -0.25) is 0 Å². The van der Waals surface area contributed by atoms with Crippen LogP contribution < -0.4 is 0 Å². The Morgan fingerprint density at radius 2 is 1.59 bits per heavy atom. The van der Waals surface area contributed by atoms with E-state index in [1.807, 2.05) is 0 Å². The van der Waals surface area contributed by atoms with Crippen LogP contribution in [0.3, 0.4) is 0 Å². The van der Waals surface area contributed by atoms with Gasteiger partial charge in [0.15, 0.2) is 0 Å². The Labute approximate surface area is 111 Å². The lowest BCUT2D eigenvalue weighted by atomic mass is 9.88. The van der Waals surface area contributed by atoms with Crippen molar-refractivity contribution in [3.63, 3.8) is 0 Å². The van der Waals surface area contributed by atoms with E-state index in [1.165, 1.54) is 11.1 Å². The van der Waals surface area contributed by atoms with Gasteiger partial charge in [-0.15, -0.1) is 11.6 Å². The van der Waals surface area contributed by atoms with Gasteiger partial charge < -0.3 is 0 Å². The molecule has 0 spiro atoms. The third kappa shape index (κ3) is 5.59. The number of hydrogen-bond acceptors (Lipinski definition) is 0. The number of hydrogen-bond donors (Lipinski definition) is 0. The van der Waals surface area contributed by atoms with E-state index in [0.29, 0.717) is 5.92 Å². The minimum Gasteiger partial charge on any atom is -0.118 e. The SMILES string of the molecule is CC(C)Cc1ccc(C(Cl)CC(C)(C)C)cc1. The van der Waals surface area contributed by atoms with Crippen molar-refractivity contribution in [3.8, 4) is 0 Å². The summed E-state index contributed by atoms with van der Waals surface area (Å²) in [6.45, 7) is 11.2. The minimum atomic E-state index is 0.128. The highest BCUT2D eigenvalue weighted by atomic mass is 35.5. The average molecular weight is 253 g/mol. The molecule has 0 bridgehead atoms. The van der Waals surface area contributed by atoms with Gasteiger partial charge in [0.05, 0.1) is 5.38 Å². The fourth-order valence-electron chi connectivity index (χ4n) is 1.99. The Morgan fingerprint density at radius 3 is 2.00 bits per heavy atom. The molecule has 1 unspecified atom stereocenters. The molecule has 0 radical (unpaired) electrons. The molecule has 0 heterocycles. The largest absolute Gasteiger partial charge is 0.118 e. The smallest absolute Gasteiger partial charge is 0.0590 e. The second-order valence-electron chi connectivity index (χ2n) is 6.57. The van der Waals surface area contributed by atoms with Crippen molar-refractivity contribution in [1.29, 1.82) is 0 Å². The van der Waals surface area contributed by atoms with Gasteiger partial charge in [-0.25, -0.2) is 0 Å². The van der Waals surface area contributed by atoms with Crippen molar-refractivity contribution >= 4 is 11.6 Å². The van der Waals surface area contributed by atoms with Crippen molar-refractivity contribution in [1.82, 2.24) is 0 Å². The molecule has 0 aliphatic carbocycles. The summed E-state index contributed by atoms with van der Waals surface area (Å²) >= 11 is 6.45. The van der Waals surface area contributed by atoms with Crippen LogP contribution >= 0.6 is 11.6 Å². The zero-order valence-corrected chi connectivity index (χ0v) is 12.5. The first-order valence-corrected chi connectivity index (χ1v) is 6.94. The maximum atomic E-state index is 6.45. The van der Waals surface area contributed by atoms with Crippen molar-refractivity contribution in [2.24, 2.45) is 11.3 Å². The van der Waals surface area contributed by atoms with E-state index in [1.54, 1.807) is 0 Å². The molecule has 1 aromatic rings. The van der Waals surface area contributed by atoms with Gasteiger partial charge in [0.2, 0.25) is 0 Å². The van der Waals surface area contributed by atoms with Crippen LogP contribution in [0.25, 0.3) is 0 Å². The maximum absolute atomic E-state index is 6.45. The summed E-state index contributed by atoms with van der Waals surface area (Å²) in [5, 5.41) is 0.128. The zero-order valence-electron chi connectivity index (χ0n) is 11.8. The van der Waals surface area contributed by atoms with Crippen LogP contribution in [0.5, 0.6) is 0 Å². The third-order valence-electron chi connectivity index (χ3n) is 2.78. The summed E-state index contributed by atoms with van der Waals surface area (Å²) in [4.78, 5) is 0. The summed E-state index contributed by atoms with van der Waals surface area (Å²) < 4.78 is 0.